The van der Waals surface area contributed by atoms with E-state index in [1.54, 1.807) is 11.8 Å². The van der Waals surface area contributed by atoms with Crippen LogP contribution < -0.4 is 5.32 Å². The second kappa shape index (κ2) is 8.48. The molecule has 1 aromatic rings. The first-order valence-electron chi connectivity index (χ1n) is 6.41. The van der Waals surface area contributed by atoms with Crippen molar-refractivity contribution in [1.82, 2.24) is 15.3 Å². The number of hydrogen-bond acceptors (Lipinski definition) is 4. The average molecular weight is 253 g/mol. The predicted molar refractivity (Wildman–Crippen MR) is 74.5 cm³/mol. The normalized spacial score (nSPS) is 12.6. The lowest BCUT2D eigenvalue weighted by Crippen LogP contribution is -2.31. The molecule has 0 aliphatic carbocycles. The van der Waals surface area contributed by atoms with Crippen LogP contribution in [-0.4, -0.2) is 28.3 Å². The molecule has 0 bridgehead atoms. The standard InChI is InChI=1S/C13H23N3S/c1-4-6-12(14-7-5-2)10-17-13-15-8-11(3)9-16-13/h8-9,12,14H,4-7,10H2,1-3H3. The largest absolute Gasteiger partial charge is 0.313 e. The minimum Gasteiger partial charge on any atom is -0.313 e. The molecule has 17 heavy (non-hydrogen) atoms. The molecule has 0 saturated carbocycles. The molecule has 0 radical (unpaired) electrons. The van der Waals surface area contributed by atoms with Crippen LogP contribution in [0, 0.1) is 6.92 Å². The lowest BCUT2D eigenvalue weighted by Gasteiger charge is -2.16. The molecule has 1 atom stereocenters. The summed E-state index contributed by atoms with van der Waals surface area (Å²) in [5, 5.41) is 4.46. The number of hydrogen-bond donors (Lipinski definition) is 1. The zero-order valence-corrected chi connectivity index (χ0v) is 11.9. The number of aromatic nitrogens is 2. The zero-order chi connectivity index (χ0) is 12.5. The SMILES string of the molecule is CCCNC(CCC)CSc1ncc(C)cn1. The van der Waals surface area contributed by atoms with Gasteiger partial charge in [-0.05, 0) is 31.9 Å². The zero-order valence-electron chi connectivity index (χ0n) is 11.1. The number of thioether (sulfide) groups is 1. The highest BCUT2D eigenvalue weighted by Crippen LogP contribution is 2.15. The minimum absolute atomic E-state index is 0.579. The summed E-state index contributed by atoms with van der Waals surface area (Å²) in [7, 11) is 0. The fourth-order valence-corrected chi connectivity index (χ4v) is 2.46. The molecule has 0 spiro atoms. The van der Waals surface area contributed by atoms with Crippen LogP contribution in [-0.2, 0) is 0 Å². The van der Waals surface area contributed by atoms with E-state index in [-0.39, 0.29) is 0 Å². The van der Waals surface area contributed by atoms with Gasteiger partial charge in [0.05, 0.1) is 0 Å². The first-order chi connectivity index (χ1) is 8.26. The van der Waals surface area contributed by atoms with Crippen molar-refractivity contribution in [3.05, 3.63) is 18.0 Å². The van der Waals surface area contributed by atoms with Crippen molar-refractivity contribution in [2.45, 2.75) is 51.2 Å². The van der Waals surface area contributed by atoms with Crippen molar-refractivity contribution in [3.63, 3.8) is 0 Å². The summed E-state index contributed by atoms with van der Waals surface area (Å²) in [6.07, 6.45) is 7.38. The third kappa shape index (κ3) is 6.03. The summed E-state index contributed by atoms with van der Waals surface area (Å²) < 4.78 is 0. The third-order valence-corrected chi connectivity index (χ3v) is 3.53. The van der Waals surface area contributed by atoms with Gasteiger partial charge in [0, 0.05) is 24.2 Å². The molecular formula is C13H23N3S. The Bertz CT molecular complexity index is 300. The summed E-state index contributed by atoms with van der Waals surface area (Å²) in [5.74, 6) is 1.05. The quantitative estimate of drug-likeness (QED) is 0.571. The van der Waals surface area contributed by atoms with E-state index in [0.29, 0.717) is 6.04 Å². The molecule has 96 valence electrons. The lowest BCUT2D eigenvalue weighted by atomic mass is 10.2. The number of nitrogens with zero attached hydrogens (tertiary/aromatic N) is 2. The number of nitrogens with one attached hydrogen (secondary N) is 1. The van der Waals surface area contributed by atoms with Gasteiger partial charge >= 0.3 is 0 Å². The fraction of sp³-hybridized carbons (Fsp3) is 0.692. The van der Waals surface area contributed by atoms with Crippen LogP contribution in [0.3, 0.4) is 0 Å². The maximum atomic E-state index is 4.31. The van der Waals surface area contributed by atoms with Gasteiger partial charge in [0.25, 0.3) is 0 Å². The van der Waals surface area contributed by atoms with E-state index in [0.717, 1.165) is 23.0 Å². The Morgan fingerprint density at radius 2 is 1.94 bits per heavy atom. The Morgan fingerprint density at radius 3 is 2.53 bits per heavy atom. The predicted octanol–water partition coefficient (Wildman–Crippen LogP) is 3.05. The van der Waals surface area contributed by atoms with E-state index < -0.39 is 0 Å². The Balaban J connectivity index is 2.37. The van der Waals surface area contributed by atoms with E-state index in [9.17, 15) is 0 Å². The monoisotopic (exact) mass is 253 g/mol. The molecule has 1 aromatic heterocycles. The van der Waals surface area contributed by atoms with E-state index in [1.165, 1.54) is 19.3 Å². The average Bonchev–Trinajstić information content (AvgIpc) is 2.35. The Hall–Kier alpha value is -0.610. The molecule has 0 amide bonds. The van der Waals surface area contributed by atoms with Crippen molar-refractivity contribution >= 4 is 11.8 Å². The molecule has 0 aliphatic rings. The summed E-state index contributed by atoms with van der Waals surface area (Å²) in [6, 6.07) is 0.579. The second-order valence-corrected chi connectivity index (χ2v) is 5.28. The van der Waals surface area contributed by atoms with Crippen molar-refractivity contribution in [1.29, 1.82) is 0 Å². The summed E-state index contributed by atoms with van der Waals surface area (Å²) >= 11 is 1.74. The van der Waals surface area contributed by atoms with Gasteiger partial charge in [0.15, 0.2) is 5.16 Å². The molecular weight excluding hydrogens is 230 g/mol. The van der Waals surface area contributed by atoms with Crippen molar-refractivity contribution in [2.24, 2.45) is 0 Å². The molecule has 1 heterocycles. The second-order valence-electron chi connectivity index (χ2n) is 4.29. The highest BCUT2D eigenvalue weighted by Gasteiger charge is 2.08. The van der Waals surface area contributed by atoms with E-state index in [2.05, 4.69) is 29.1 Å². The van der Waals surface area contributed by atoms with Crippen LogP contribution in [0.1, 0.15) is 38.7 Å². The maximum absolute atomic E-state index is 4.31. The maximum Gasteiger partial charge on any atom is 0.187 e. The molecule has 4 heteroatoms. The number of aryl methyl sites for hydroxylation is 1. The minimum atomic E-state index is 0.579. The molecule has 0 saturated heterocycles. The van der Waals surface area contributed by atoms with Gasteiger partial charge in [0.2, 0.25) is 0 Å². The van der Waals surface area contributed by atoms with Crippen LogP contribution in [0.5, 0.6) is 0 Å². The first kappa shape index (κ1) is 14.5. The molecule has 1 unspecified atom stereocenters. The Labute approximate surface area is 109 Å². The van der Waals surface area contributed by atoms with Gasteiger partial charge < -0.3 is 5.32 Å². The highest BCUT2D eigenvalue weighted by atomic mass is 32.2. The molecule has 1 N–H and O–H groups in total. The molecule has 0 fully saturated rings. The Morgan fingerprint density at radius 1 is 1.24 bits per heavy atom. The topological polar surface area (TPSA) is 37.8 Å². The molecule has 1 rings (SSSR count). The van der Waals surface area contributed by atoms with Crippen molar-refractivity contribution < 1.29 is 0 Å². The van der Waals surface area contributed by atoms with E-state index in [1.807, 2.05) is 19.3 Å². The van der Waals surface area contributed by atoms with Crippen molar-refractivity contribution in [3.8, 4) is 0 Å². The van der Waals surface area contributed by atoms with Gasteiger partial charge in [-0.3, -0.25) is 0 Å². The Kier molecular flexibility index (Phi) is 7.21. The van der Waals surface area contributed by atoms with Crippen LogP contribution in [0.25, 0.3) is 0 Å². The van der Waals surface area contributed by atoms with Crippen LogP contribution >= 0.6 is 11.8 Å². The fourth-order valence-electron chi connectivity index (χ4n) is 1.57. The smallest absolute Gasteiger partial charge is 0.187 e. The van der Waals surface area contributed by atoms with E-state index in [4.69, 9.17) is 0 Å². The van der Waals surface area contributed by atoms with Gasteiger partial charge in [-0.15, -0.1) is 0 Å². The first-order valence-corrected chi connectivity index (χ1v) is 7.39. The molecule has 0 aromatic carbocycles. The van der Waals surface area contributed by atoms with Crippen LogP contribution in [0.4, 0.5) is 0 Å². The van der Waals surface area contributed by atoms with Crippen molar-refractivity contribution in [2.75, 3.05) is 12.3 Å². The number of rotatable bonds is 8. The van der Waals surface area contributed by atoms with E-state index >= 15 is 0 Å². The molecule has 3 nitrogen and oxygen atoms in total. The van der Waals surface area contributed by atoms with Gasteiger partial charge in [-0.25, -0.2) is 9.97 Å². The van der Waals surface area contributed by atoms with Crippen LogP contribution in [0.15, 0.2) is 17.6 Å². The lowest BCUT2D eigenvalue weighted by molar-refractivity contribution is 0.514. The third-order valence-electron chi connectivity index (χ3n) is 2.49. The van der Waals surface area contributed by atoms with Gasteiger partial charge in [-0.2, -0.15) is 0 Å². The van der Waals surface area contributed by atoms with Gasteiger partial charge in [-0.1, -0.05) is 32.0 Å². The highest BCUT2D eigenvalue weighted by molar-refractivity contribution is 7.99. The van der Waals surface area contributed by atoms with Gasteiger partial charge in [0.1, 0.15) is 0 Å². The van der Waals surface area contributed by atoms with Crippen LogP contribution in [0.2, 0.25) is 0 Å². The molecule has 0 aliphatic heterocycles. The summed E-state index contributed by atoms with van der Waals surface area (Å²) in [4.78, 5) is 8.63. The summed E-state index contributed by atoms with van der Waals surface area (Å²) in [5.41, 5.74) is 1.11. The summed E-state index contributed by atoms with van der Waals surface area (Å²) in [6.45, 7) is 7.54.